The summed E-state index contributed by atoms with van der Waals surface area (Å²) in [5.41, 5.74) is 11.5. The number of nitrogens with two attached hydrogens (primary N) is 2. The maximum absolute atomic E-state index is 12.2. The molecule has 30 heavy (non-hydrogen) atoms. The first-order valence-electron chi connectivity index (χ1n) is 9.19. The second-order valence-electron chi connectivity index (χ2n) is 6.85. The predicted octanol–water partition coefficient (Wildman–Crippen LogP) is 2.52. The van der Waals surface area contributed by atoms with Gasteiger partial charge in [0.1, 0.15) is 12.5 Å². The van der Waals surface area contributed by atoms with E-state index >= 15 is 0 Å². The maximum Gasteiger partial charge on any atom is 0.422 e. The van der Waals surface area contributed by atoms with Gasteiger partial charge in [0.05, 0.1) is 18.3 Å². The van der Waals surface area contributed by atoms with Crippen LogP contribution in [0.4, 0.5) is 19.0 Å². The lowest BCUT2D eigenvalue weighted by Crippen LogP contribution is -2.31. The number of alkyl halides is 3. The standard InChI is InChI=1S/C19H28F3N5O3/c1-12(2)9-29-11-26-17-8-14(6-7-25-17)13(3)27-18(28)15(23)4-5-16(24)30-10-19(20,21)22/h4-8,12-13H,9-11,23-24H2,1-3H3,(H,25,26)(H,27,28)/b15-4-,16-5+. The van der Waals surface area contributed by atoms with E-state index in [9.17, 15) is 18.0 Å². The van der Waals surface area contributed by atoms with Gasteiger partial charge in [-0.3, -0.25) is 4.79 Å². The van der Waals surface area contributed by atoms with Gasteiger partial charge in [-0.2, -0.15) is 13.2 Å². The number of aromatic nitrogens is 1. The van der Waals surface area contributed by atoms with Crippen molar-refractivity contribution in [3.63, 3.8) is 0 Å². The Morgan fingerprint density at radius 3 is 2.60 bits per heavy atom. The van der Waals surface area contributed by atoms with Gasteiger partial charge in [0, 0.05) is 6.20 Å². The molecule has 0 aliphatic rings. The van der Waals surface area contributed by atoms with Gasteiger partial charge in [0.15, 0.2) is 12.5 Å². The molecule has 0 spiro atoms. The van der Waals surface area contributed by atoms with Crippen molar-refractivity contribution in [2.75, 3.05) is 25.3 Å². The summed E-state index contributed by atoms with van der Waals surface area (Å²) in [6.07, 6.45) is -0.876. The fraction of sp³-hybridized carbons (Fsp3) is 0.474. The zero-order chi connectivity index (χ0) is 22.7. The van der Waals surface area contributed by atoms with E-state index in [0.717, 1.165) is 17.7 Å². The van der Waals surface area contributed by atoms with Crippen molar-refractivity contribution in [1.82, 2.24) is 10.3 Å². The number of carbonyl (C=O) groups excluding carboxylic acids is 1. The number of allylic oxidation sites excluding steroid dienone is 2. The monoisotopic (exact) mass is 431 g/mol. The highest BCUT2D eigenvalue weighted by Crippen LogP contribution is 2.16. The number of halogens is 3. The average molecular weight is 431 g/mol. The zero-order valence-corrected chi connectivity index (χ0v) is 17.1. The molecule has 0 aliphatic carbocycles. The lowest BCUT2D eigenvalue weighted by molar-refractivity contribution is -0.165. The molecular formula is C19H28F3N5O3. The van der Waals surface area contributed by atoms with Crippen molar-refractivity contribution in [3.05, 3.63) is 47.6 Å². The third kappa shape index (κ3) is 10.6. The Bertz CT molecular complexity index is 751. The van der Waals surface area contributed by atoms with Gasteiger partial charge in [-0.1, -0.05) is 13.8 Å². The van der Waals surface area contributed by atoms with Crippen LogP contribution in [0.25, 0.3) is 0 Å². The van der Waals surface area contributed by atoms with Gasteiger partial charge in [-0.05, 0) is 42.7 Å². The highest BCUT2D eigenvalue weighted by molar-refractivity contribution is 5.92. The molecule has 1 unspecified atom stereocenters. The van der Waals surface area contributed by atoms with Crippen LogP contribution >= 0.6 is 0 Å². The lowest BCUT2D eigenvalue weighted by Gasteiger charge is -2.16. The molecule has 1 atom stereocenters. The van der Waals surface area contributed by atoms with Gasteiger partial charge in [0.25, 0.3) is 5.91 Å². The van der Waals surface area contributed by atoms with Gasteiger partial charge >= 0.3 is 6.18 Å². The van der Waals surface area contributed by atoms with E-state index in [0.29, 0.717) is 25.1 Å². The van der Waals surface area contributed by atoms with Gasteiger partial charge < -0.3 is 31.6 Å². The summed E-state index contributed by atoms with van der Waals surface area (Å²) in [6.45, 7) is 5.22. The van der Waals surface area contributed by atoms with E-state index in [1.165, 1.54) is 0 Å². The minimum atomic E-state index is -4.51. The SMILES string of the molecule is CC(C)COCNc1cc(C(C)NC(=O)/C(N)=C/C=C(\N)OCC(F)(F)F)ccn1. The van der Waals surface area contributed by atoms with Crippen LogP contribution in [0.15, 0.2) is 42.1 Å². The first-order valence-corrected chi connectivity index (χ1v) is 9.19. The Morgan fingerprint density at radius 2 is 1.97 bits per heavy atom. The van der Waals surface area contributed by atoms with Crippen molar-refractivity contribution in [3.8, 4) is 0 Å². The molecule has 1 amide bonds. The van der Waals surface area contributed by atoms with Crippen LogP contribution in [0.3, 0.4) is 0 Å². The first-order chi connectivity index (χ1) is 14.0. The number of hydrogen-bond donors (Lipinski definition) is 4. The van der Waals surface area contributed by atoms with E-state index in [-0.39, 0.29) is 5.70 Å². The molecule has 6 N–H and O–H groups in total. The summed E-state index contributed by atoms with van der Waals surface area (Å²) in [7, 11) is 0. The molecule has 0 bridgehead atoms. The number of pyridine rings is 1. The normalized spacial score (nSPS) is 13.8. The van der Waals surface area contributed by atoms with Crippen molar-refractivity contribution in [2.45, 2.75) is 33.0 Å². The summed E-state index contributed by atoms with van der Waals surface area (Å²) in [4.78, 5) is 16.4. The van der Waals surface area contributed by atoms with Crippen LogP contribution in [0.5, 0.6) is 0 Å². The fourth-order valence-electron chi connectivity index (χ4n) is 2.06. The van der Waals surface area contributed by atoms with Crippen LogP contribution in [0, 0.1) is 5.92 Å². The number of amides is 1. The van der Waals surface area contributed by atoms with Gasteiger partial charge in [-0.25, -0.2) is 4.98 Å². The van der Waals surface area contributed by atoms with Crippen LogP contribution < -0.4 is 22.1 Å². The summed E-state index contributed by atoms with van der Waals surface area (Å²) in [5.74, 6) is -0.130. The quantitative estimate of drug-likeness (QED) is 0.140. The first kappa shape index (κ1) is 25.1. The third-order valence-corrected chi connectivity index (χ3v) is 3.53. The summed E-state index contributed by atoms with van der Waals surface area (Å²) in [5, 5.41) is 5.70. The minimum absolute atomic E-state index is 0.241. The minimum Gasteiger partial charge on any atom is -0.470 e. The molecule has 0 fully saturated rings. The topological polar surface area (TPSA) is 125 Å². The number of rotatable bonds is 11. The van der Waals surface area contributed by atoms with Crippen molar-refractivity contribution < 1.29 is 27.4 Å². The van der Waals surface area contributed by atoms with Gasteiger partial charge in [0.2, 0.25) is 0 Å². The predicted molar refractivity (Wildman–Crippen MR) is 107 cm³/mol. The molecule has 1 heterocycles. The smallest absolute Gasteiger partial charge is 0.422 e. The van der Waals surface area contributed by atoms with E-state index < -0.39 is 30.6 Å². The molecule has 8 nitrogen and oxygen atoms in total. The van der Waals surface area contributed by atoms with E-state index in [1.54, 1.807) is 25.3 Å². The fourth-order valence-corrected chi connectivity index (χ4v) is 2.06. The molecule has 11 heteroatoms. The summed E-state index contributed by atoms with van der Waals surface area (Å²) >= 11 is 0. The molecule has 0 saturated heterocycles. The van der Waals surface area contributed by atoms with E-state index in [4.69, 9.17) is 16.2 Å². The van der Waals surface area contributed by atoms with Crippen molar-refractivity contribution in [1.29, 1.82) is 0 Å². The number of nitrogens with zero attached hydrogens (tertiary/aromatic N) is 1. The molecule has 168 valence electrons. The molecule has 0 aromatic carbocycles. The molecule has 1 aromatic heterocycles. The molecule has 0 saturated carbocycles. The lowest BCUT2D eigenvalue weighted by atomic mass is 10.1. The van der Waals surface area contributed by atoms with Crippen LogP contribution in [-0.2, 0) is 14.3 Å². The molecular weight excluding hydrogens is 403 g/mol. The summed E-state index contributed by atoms with van der Waals surface area (Å²) in [6, 6.07) is 3.08. The average Bonchev–Trinajstić information content (AvgIpc) is 2.67. The van der Waals surface area contributed by atoms with E-state index in [1.807, 2.05) is 13.8 Å². The number of hydrogen-bond acceptors (Lipinski definition) is 7. The zero-order valence-electron chi connectivity index (χ0n) is 17.1. The van der Waals surface area contributed by atoms with Crippen molar-refractivity contribution >= 4 is 11.7 Å². The number of nitrogens with one attached hydrogen (secondary N) is 2. The van der Waals surface area contributed by atoms with Crippen LogP contribution in [0.2, 0.25) is 0 Å². The Morgan fingerprint density at radius 1 is 1.27 bits per heavy atom. The second kappa shape index (κ2) is 11.9. The Hall–Kier alpha value is -2.95. The van der Waals surface area contributed by atoms with Gasteiger partial charge in [-0.15, -0.1) is 0 Å². The maximum atomic E-state index is 12.2. The Kier molecular flexibility index (Phi) is 9.96. The number of anilines is 1. The van der Waals surface area contributed by atoms with E-state index in [2.05, 4.69) is 20.4 Å². The summed E-state index contributed by atoms with van der Waals surface area (Å²) < 4.78 is 46.0. The third-order valence-electron chi connectivity index (χ3n) is 3.53. The second-order valence-corrected chi connectivity index (χ2v) is 6.85. The largest absolute Gasteiger partial charge is 0.470 e. The Labute approximate surface area is 173 Å². The highest BCUT2D eigenvalue weighted by atomic mass is 19.4. The molecule has 1 rings (SSSR count). The molecule has 0 aliphatic heterocycles. The van der Waals surface area contributed by atoms with Crippen LogP contribution in [0.1, 0.15) is 32.4 Å². The van der Waals surface area contributed by atoms with Crippen LogP contribution in [-0.4, -0.2) is 37.0 Å². The Balaban J connectivity index is 2.61. The number of carbonyl (C=O) groups is 1. The molecule has 0 radical (unpaired) electrons. The highest BCUT2D eigenvalue weighted by Gasteiger charge is 2.28. The molecule has 1 aromatic rings. The van der Waals surface area contributed by atoms with Crippen molar-refractivity contribution in [2.24, 2.45) is 17.4 Å². The number of ether oxygens (including phenoxy) is 2.